The SMILES string of the molecule is COC1CC=C(CC(O)CC2CC(C(C)C)C3CC4(C)CC5(C)CC(C)=C(C(C)O)C(=O)C5(C)C(C)C4C(O)C3C2C)CC1. The number of Topliss-reactive ketones (excluding diaryl/α,β-unsaturated/α-hetero) is 1. The summed E-state index contributed by atoms with van der Waals surface area (Å²) in [6.07, 6.45) is 9.50. The molecule has 5 heteroatoms. The van der Waals surface area contributed by atoms with Crippen molar-refractivity contribution in [3.63, 3.8) is 0 Å². The van der Waals surface area contributed by atoms with Gasteiger partial charge in [-0.3, -0.25) is 4.79 Å². The standard InChI is InChI=1S/C39H64O5/c1-21(2)30-17-27(16-28(41)15-26-11-13-29(44-10)14-12-26)23(4)33-31(30)19-37(7)20-38(8)18-22(3)32(25(6)40)36(43)39(38,9)24(5)34(37)35(33)42/h11,21,23-25,27-31,33-35,40-42H,12-20H2,1-10H3. The molecule has 0 bridgehead atoms. The molecule has 44 heavy (non-hydrogen) atoms. The molecule has 0 heterocycles. The van der Waals surface area contributed by atoms with Crippen molar-refractivity contribution in [3.05, 3.63) is 22.8 Å². The van der Waals surface area contributed by atoms with Gasteiger partial charge in [0.2, 0.25) is 0 Å². The van der Waals surface area contributed by atoms with Gasteiger partial charge in [-0.05, 0) is 130 Å². The largest absolute Gasteiger partial charge is 0.393 e. The van der Waals surface area contributed by atoms with E-state index in [0.717, 1.165) is 63.4 Å². The number of carbonyl (C=O) groups is 1. The molecule has 3 saturated carbocycles. The van der Waals surface area contributed by atoms with Gasteiger partial charge in [-0.1, -0.05) is 65.7 Å². The number of allylic oxidation sites excluding steroid dienone is 1. The summed E-state index contributed by atoms with van der Waals surface area (Å²) in [6, 6.07) is 0. The van der Waals surface area contributed by atoms with Gasteiger partial charge in [-0.2, -0.15) is 0 Å². The molecule has 0 radical (unpaired) electrons. The Bertz CT molecular complexity index is 1150. The maximum absolute atomic E-state index is 14.4. The van der Waals surface area contributed by atoms with Crippen LogP contribution < -0.4 is 0 Å². The second-order valence-corrected chi connectivity index (χ2v) is 17.6. The first kappa shape index (κ1) is 34.3. The van der Waals surface area contributed by atoms with Crippen LogP contribution in [0.25, 0.3) is 0 Å². The molecule has 0 amide bonds. The highest BCUT2D eigenvalue weighted by atomic mass is 16.5. The minimum absolute atomic E-state index is 0.00128. The lowest BCUT2D eigenvalue weighted by molar-refractivity contribution is -0.229. The summed E-state index contributed by atoms with van der Waals surface area (Å²) < 4.78 is 5.53. The first-order valence-electron chi connectivity index (χ1n) is 18.0. The Labute approximate surface area is 268 Å². The van der Waals surface area contributed by atoms with Gasteiger partial charge in [0.1, 0.15) is 0 Å². The molecule has 5 rings (SSSR count). The first-order valence-corrected chi connectivity index (χ1v) is 18.0. The van der Waals surface area contributed by atoms with E-state index in [-0.39, 0.29) is 40.5 Å². The zero-order chi connectivity index (χ0) is 32.5. The molecule has 5 aliphatic rings. The van der Waals surface area contributed by atoms with E-state index in [1.165, 1.54) is 5.57 Å². The molecule has 14 unspecified atom stereocenters. The second kappa shape index (κ2) is 12.2. The predicted molar refractivity (Wildman–Crippen MR) is 177 cm³/mol. The lowest BCUT2D eigenvalue weighted by Gasteiger charge is -2.69. The third-order valence-electron chi connectivity index (χ3n) is 14.7. The van der Waals surface area contributed by atoms with Crippen LogP contribution in [0, 0.1) is 63.6 Å². The fourth-order valence-corrected chi connectivity index (χ4v) is 12.5. The molecule has 0 aromatic rings. The molecule has 250 valence electrons. The summed E-state index contributed by atoms with van der Waals surface area (Å²) in [6.45, 7) is 20.0. The van der Waals surface area contributed by atoms with Gasteiger partial charge >= 0.3 is 0 Å². The Morgan fingerprint density at radius 3 is 2.36 bits per heavy atom. The number of methoxy groups -OCH3 is 1. The molecule has 5 aliphatic carbocycles. The molecule has 0 spiro atoms. The number of ketones is 1. The fourth-order valence-electron chi connectivity index (χ4n) is 12.5. The van der Waals surface area contributed by atoms with E-state index in [9.17, 15) is 20.1 Å². The van der Waals surface area contributed by atoms with Crippen molar-refractivity contribution < 1.29 is 24.9 Å². The van der Waals surface area contributed by atoms with Crippen LogP contribution in [0.2, 0.25) is 0 Å². The maximum atomic E-state index is 14.4. The van der Waals surface area contributed by atoms with Gasteiger partial charge in [-0.25, -0.2) is 0 Å². The quantitative estimate of drug-likeness (QED) is 0.259. The maximum Gasteiger partial charge on any atom is 0.168 e. The number of rotatable bonds is 7. The summed E-state index contributed by atoms with van der Waals surface area (Å²) in [7, 11) is 1.79. The Morgan fingerprint density at radius 1 is 1.11 bits per heavy atom. The molecule has 0 aromatic heterocycles. The zero-order valence-corrected chi connectivity index (χ0v) is 29.5. The minimum atomic E-state index is -0.770. The lowest BCUT2D eigenvalue weighted by atomic mass is 9.35. The molecule has 0 aliphatic heterocycles. The third kappa shape index (κ3) is 5.42. The summed E-state index contributed by atoms with van der Waals surface area (Å²) in [5.41, 5.74) is 2.13. The van der Waals surface area contributed by atoms with Crippen molar-refractivity contribution in [2.75, 3.05) is 7.11 Å². The van der Waals surface area contributed by atoms with Crippen molar-refractivity contribution in [1.29, 1.82) is 0 Å². The monoisotopic (exact) mass is 612 g/mol. The van der Waals surface area contributed by atoms with Crippen LogP contribution in [-0.4, -0.2) is 52.6 Å². The average Bonchev–Trinajstić information content (AvgIpc) is 2.92. The first-order chi connectivity index (χ1) is 20.5. The van der Waals surface area contributed by atoms with Crippen molar-refractivity contribution in [2.45, 2.75) is 145 Å². The van der Waals surface area contributed by atoms with Crippen LogP contribution in [0.5, 0.6) is 0 Å². The fraction of sp³-hybridized carbons (Fsp3) is 0.872. The summed E-state index contributed by atoms with van der Waals surface area (Å²) in [4.78, 5) is 14.4. The summed E-state index contributed by atoms with van der Waals surface area (Å²) in [5.74, 6) is 2.48. The highest BCUT2D eigenvalue weighted by Gasteiger charge is 2.69. The van der Waals surface area contributed by atoms with Gasteiger partial charge < -0.3 is 20.1 Å². The number of carbonyl (C=O) groups excluding carboxylic acids is 1. The van der Waals surface area contributed by atoms with E-state index >= 15 is 0 Å². The number of ether oxygens (including phenoxy) is 1. The van der Waals surface area contributed by atoms with E-state index in [2.05, 4.69) is 54.5 Å². The van der Waals surface area contributed by atoms with Crippen molar-refractivity contribution in [3.8, 4) is 0 Å². The normalized spacial score (nSPS) is 47.5. The van der Waals surface area contributed by atoms with Crippen LogP contribution in [0.1, 0.15) is 120 Å². The van der Waals surface area contributed by atoms with Gasteiger partial charge in [0.25, 0.3) is 0 Å². The summed E-state index contributed by atoms with van der Waals surface area (Å²) in [5, 5.41) is 34.6. The van der Waals surface area contributed by atoms with Crippen LogP contribution in [-0.2, 0) is 9.53 Å². The van der Waals surface area contributed by atoms with Crippen molar-refractivity contribution >= 4 is 5.78 Å². The van der Waals surface area contributed by atoms with E-state index in [1.54, 1.807) is 14.0 Å². The Morgan fingerprint density at radius 2 is 1.80 bits per heavy atom. The van der Waals surface area contributed by atoms with Gasteiger partial charge in [0.15, 0.2) is 5.78 Å². The highest BCUT2D eigenvalue weighted by molar-refractivity contribution is 6.03. The number of aliphatic hydroxyl groups is 3. The van der Waals surface area contributed by atoms with E-state index < -0.39 is 17.6 Å². The molecule has 0 saturated heterocycles. The second-order valence-electron chi connectivity index (χ2n) is 17.6. The molecular formula is C39H64O5. The topological polar surface area (TPSA) is 87.0 Å². The van der Waals surface area contributed by atoms with Crippen molar-refractivity contribution in [1.82, 2.24) is 0 Å². The minimum Gasteiger partial charge on any atom is -0.393 e. The van der Waals surface area contributed by atoms with Crippen LogP contribution in [0.15, 0.2) is 22.8 Å². The number of hydrogen-bond donors (Lipinski definition) is 3. The molecule has 3 fully saturated rings. The van der Waals surface area contributed by atoms with Gasteiger partial charge in [0.05, 0.1) is 24.4 Å². The Balaban J connectivity index is 1.43. The molecule has 14 atom stereocenters. The lowest BCUT2D eigenvalue weighted by Crippen LogP contribution is -2.68. The van der Waals surface area contributed by atoms with Crippen LogP contribution >= 0.6 is 0 Å². The number of fused-ring (bicyclic) bond motifs is 3. The van der Waals surface area contributed by atoms with Crippen LogP contribution in [0.4, 0.5) is 0 Å². The molecule has 5 nitrogen and oxygen atoms in total. The van der Waals surface area contributed by atoms with Crippen LogP contribution in [0.3, 0.4) is 0 Å². The van der Waals surface area contributed by atoms with Gasteiger partial charge in [-0.15, -0.1) is 0 Å². The number of aliphatic hydroxyl groups excluding tert-OH is 3. The predicted octanol–water partition coefficient (Wildman–Crippen LogP) is 7.52. The summed E-state index contributed by atoms with van der Waals surface area (Å²) >= 11 is 0. The Kier molecular flexibility index (Phi) is 9.53. The Hall–Kier alpha value is -1.01. The smallest absolute Gasteiger partial charge is 0.168 e. The van der Waals surface area contributed by atoms with E-state index in [1.807, 2.05) is 6.92 Å². The highest BCUT2D eigenvalue weighted by Crippen LogP contribution is 2.72. The van der Waals surface area contributed by atoms with E-state index in [0.29, 0.717) is 41.3 Å². The molecule has 3 N–H and O–H groups in total. The van der Waals surface area contributed by atoms with E-state index in [4.69, 9.17) is 4.74 Å². The number of hydrogen-bond acceptors (Lipinski definition) is 5. The zero-order valence-electron chi connectivity index (χ0n) is 29.5. The molecular weight excluding hydrogens is 548 g/mol. The van der Waals surface area contributed by atoms with Crippen molar-refractivity contribution in [2.24, 2.45) is 63.6 Å². The third-order valence-corrected chi connectivity index (χ3v) is 14.7. The molecule has 0 aromatic carbocycles. The average molecular weight is 613 g/mol. The van der Waals surface area contributed by atoms with Gasteiger partial charge in [0, 0.05) is 18.1 Å².